The van der Waals surface area contributed by atoms with E-state index in [0.717, 1.165) is 0 Å². The van der Waals surface area contributed by atoms with Crippen LogP contribution in [0.2, 0.25) is 0 Å². The summed E-state index contributed by atoms with van der Waals surface area (Å²) in [7, 11) is 0. The number of H-pyrrole nitrogens is 1. The molecule has 0 saturated heterocycles. The number of nitrogens with two attached hydrogens (primary N) is 1. The number of aromatic carboxylic acids is 1. The molecule has 166 valence electrons. The highest BCUT2D eigenvalue weighted by molar-refractivity contribution is 6.17. The standard InChI is InChI=1S/C24H17F2N3O4/c25-16-4-3-12(10-27)8-13(16)11-29-18-9-17(26)14-5-7-33-22(14)20(18)19(21(29)24(31)32)15-2-1-6-28-23(15)30/h1-9H,10-11,27H2,(H,28,30)(H,31,32). The maximum absolute atomic E-state index is 14.9. The first-order valence-corrected chi connectivity index (χ1v) is 10.0. The zero-order valence-corrected chi connectivity index (χ0v) is 17.1. The van der Waals surface area contributed by atoms with Crippen LogP contribution < -0.4 is 11.3 Å². The van der Waals surface area contributed by atoms with Gasteiger partial charge < -0.3 is 24.8 Å². The molecule has 0 bridgehead atoms. The number of furan rings is 1. The summed E-state index contributed by atoms with van der Waals surface area (Å²) in [6.45, 7) is -0.0635. The molecule has 0 aliphatic rings. The Kier molecular flexibility index (Phi) is 4.83. The molecule has 0 aliphatic heterocycles. The number of carboxylic acid groups (broad SMARTS) is 1. The van der Waals surface area contributed by atoms with E-state index in [2.05, 4.69) is 4.98 Å². The lowest BCUT2D eigenvalue weighted by Gasteiger charge is -2.11. The number of fused-ring (bicyclic) bond motifs is 3. The molecule has 0 aliphatic carbocycles. The number of aromatic nitrogens is 2. The van der Waals surface area contributed by atoms with Crippen molar-refractivity contribution < 1.29 is 23.1 Å². The Morgan fingerprint density at radius 3 is 2.70 bits per heavy atom. The Bertz CT molecular complexity index is 1610. The molecule has 0 spiro atoms. The third-order valence-corrected chi connectivity index (χ3v) is 5.68. The molecule has 3 heterocycles. The highest BCUT2D eigenvalue weighted by Crippen LogP contribution is 2.40. The SMILES string of the molecule is NCc1ccc(F)c(Cn2c(C(=O)O)c(-c3ccc[nH]c3=O)c3c4occc4c(F)cc32)c1. The maximum Gasteiger partial charge on any atom is 0.353 e. The Labute approximate surface area is 184 Å². The van der Waals surface area contributed by atoms with Crippen LogP contribution in [-0.2, 0) is 13.1 Å². The molecule has 2 aromatic carbocycles. The van der Waals surface area contributed by atoms with Crippen molar-refractivity contribution >= 4 is 27.8 Å². The van der Waals surface area contributed by atoms with Crippen molar-refractivity contribution in [2.45, 2.75) is 13.1 Å². The number of carbonyl (C=O) groups is 1. The van der Waals surface area contributed by atoms with E-state index in [4.69, 9.17) is 10.2 Å². The molecular formula is C24H17F2N3O4. The van der Waals surface area contributed by atoms with Crippen molar-refractivity contribution in [2.24, 2.45) is 5.73 Å². The first-order valence-electron chi connectivity index (χ1n) is 10.0. The van der Waals surface area contributed by atoms with Crippen molar-refractivity contribution in [1.29, 1.82) is 0 Å². The number of rotatable bonds is 5. The van der Waals surface area contributed by atoms with Gasteiger partial charge in [-0.05, 0) is 42.0 Å². The van der Waals surface area contributed by atoms with Gasteiger partial charge in [0.2, 0.25) is 0 Å². The lowest BCUT2D eigenvalue weighted by Crippen LogP contribution is -2.14. The predicted octanol–water partition coefficient (Wildman–Crippen LogP) is 4.23. The highest BCUT2D eigenvalue weighted by atomic mass is 19.1. The van der Waals surface area contributed by atoms with Crippen molar-refractivity contribution in [3.05, 3.63) is 93.7 Å². The second kappa shape index (κ2) is 7.72. The molecule has 7 nitrogen and oxygen atoms in total. The summed E-state index contributed by atoms with van der Waals surface area (Å²) >= 11 is 0. The molecule has 5 aromatic rings. The molecule has 0 amide bonds. The topological polar surface area (TPSA) is 114 Å². The molecule has 9 heteroatoms. The summed E-state index contributed by atoms with van der Waals surface area (Å²) in [5, 5.41) is 10.6. The summed E-state index contributed by atoms with van der Waals surface area (Å²) in [4.78, 5) is 27.7. The van der Waals surface area contributed by atoms with Crippen LogP contribution in [0.25, 0.3) is 33.0 Å². The first kappa shape index (κ1) is 20.7. The zero-order valence-electron chi connectivity index (χ0n) is 17.1. The van der Waals surface area contributed by atoms with Gasteiger partial charge in [0.1, 0.15) is 22.9 Å². The largest absolute Gasteiger partial charge is 0.477 e. The molecule has 3 aromatic heterocycles. The Hall–Kier alpha value is -4.24. The van der Waals surface area contributed by atoms with Crippen LogP contribution in [0.5, 0.6) is 0 Å². The molecule has 4 N–H and O–H groups in total. The van der Waals surface area contributed by atoms with Gasteiger partial charge in [0.05, 0.1) is 34.7 Å². The fraction of sp³-hybridized carbons (Fsp3) is 0.0833. The van der Waals surface area contributed by atoms with Crippen LogP contribution in [0.1, 0.15) is 21.6 Å². The normalized spacial score (nSPS) is 11.5. The van der Waals surface area contributed by atoms with Gasteiger partial charge in [-0.3, -0.25) is 4.79 Å². The summed E-state index contributed by atoms with van der Waals surface area (Å²) in [6, 6.07) is 9.93. The number of hydrogen-bond acceptors (Lipinski definition) is 4. The van der Waals surface area contributed by atoms with Gasteiger partial charge in [-0.1, -0.05) is 6.07 Å². The van der Waals surface area contributed by atoms with Crippen LogP contribution in [0.3, 0.4) is 0 Å². The Morgan fingerprint density at radius 2 is 1.97 bits per heavy atom. The number of nitrogens with one attached hydrogen (secondary N) is 1. The zero-order chi connectivity index (χ0) is 23.3. The summed E-state index contributed by atoms with van der Waals surface area (Å²) in [5.74, 6) is -2.56. The van der Waals surface area contributed by atoms with Gasteiger partial charge in [0.25, 0.3) is 5.56 Å². The van der Waals surface area contributed by atoms with Gasteiger partial charge in [-0.15, -0.1) is 0 Å². The molecule has 0 unspecified atom stereocenters. The molecule has 5 rings (SSSR count). The highest BCUT2D eigenvalue weighted by Gasteiger charge is 2.29. The minimum absolute atomic E-state index is 0.0645. The van der Waals surface area contributed by atoms with Crippen molar-refractivity contribution in [2.75, 3.05) is 0 Å². The molecular weight excluding hydrogens is 432 g/mol. The maximum atomic E-state index is 14.9. The van der Waals surface area contributed by atoms with E-state index in [-0.39, 0.29) is 57.3 Å². The second-order valence-corrected chi connectivity index (χ2v) is 7.57. The Morgan fingerprint density at radius 1 is 1.15 bits per heavy atom. The van der Waals surface area contributed by atoms with E-state index >= 15 is 0 Å². The van der Waals surface area contributed by atoms with Gasteiger partial charge in [-0.25, -0.2) is 13.6 Å². The molecule has 0 saturated carbocycles. The smallest absolute Gasteiger partial charge is 0.353 e. The molecule has 33 heavy (non-hydrogen) atoms. The number of nitrogens with zero attached hydrogens (tertiary/aromatic N) is 1. The number of aromatic amines is 1. The van der Waals surface area contributed by atoms with Crippen LogP contribution in [0, 0.1) is 11.6 Å². The van der Waals surface area contributed by atoms with Crippen LogP contribution >= 0.6 is 0 Å². The van der Waals surface area contributed by atoms with E-state index < -0.39 is 23.2 Å². The average molecular weight is 449 g/mol. The third-order valence-electron chi connectivity index (χ3n) is 5.68. The number of halogens is 2. The van der Waals surface area contributed by atoms with Crippen molar-refractivity contribution in [3.8, 4) is 11.1 Å². The number of benzene rings is 2. The molecule has 0 radical (unpaired) electrons. The quantitative estimate of drug-likeness (QED) is 0.372. The monoisotopic (exact) mass is 449 g/mol. The minimum atomic E-state index is -1.36. The van der Waals surface area contributed by atoms with Crippen molar-refractivity contribution in [3.63, 3.8) is 0 Å². The molecule has 0 fully saturated rings. The van der Waals surface area contributed by atoms with Gasteiger partial charge in [-0.2, -0.15) is 0 Å². The van der Waals surface area contributed by atoms with Crippen LogP contribution in [0.4, 0.5) is 8.78 Å². The van der Waals surface area contributed by atoms with E-state index in [1.165, 1.54) is 53.4 Å². The number of pyridine rings is 1. The van der Waals surface area contributed by atoms with Crippen LogP contribution in [0.15, 0.2) is 64.1 Å². The van der Waals surface area contributed by atoms with Crippen molar-refractivity contribution in [1.82, 2.24) is 9.55 Å². The third kappa shape index (κ3) is 3.21. The average Bonchev–Trinajstić information content (AvgIpc) is 3.39. The lowest BCUT2D eigenvalue weighted by molar-refractivity contribution is 0.0687. The van der Waals surface area contributed by atoms with Gasteiger partial charge in [0.15, 0.2) is 0 Å². The lowest BCUT2D eigenvalue weighted by atomic mass is 10.0. The van der Waals surface area contributed by atoms with Gasteiger partial charge in [0, 0.05) is 23.9 Å². The summed E-state index contributed by atoms with van der Waals surface area (Å²) in [5.41, 5.74) is 6.07. The van der Waals surface area contributed by atoms with E-state index in [1.54, 1.807) is 6.07 Å². The van der Waals surface area contributed by atoms with E-state index in [0.29, 0.717) is 5.56 Å². The van der Waals surface area contributed by atoms with Crippen LogP contribution in [-0.4, -0.2) is 20.6 Å². The first-order chi connectivity index (χ1) is 15.9. The van der Waals surface area contributed by atoms with E-state index in [9.17, 15) is 23.5 Å². The second-order valence-electron chi connectivity index (χ2n) is 7.57. The fourth-order valence-corrected chi connectivity index (χ4v) is 4.22. The van der Waals surface area contributed by atoms with Gasteiger partial charge >= 0.3 is 5.97 Å². The Balaban J connectivity index is 1.93. The summed E-state index contributed by atoms with van der Waals surface area (Å²) < 4.78 is 36.4. The molecule has 0 atom stereocenters. The minimum Gasteiger partial charge on any atom is -0.477 e. The van der Waals surface area contributed by atoms with E-state index in [1.807, 2.05) is 0 Å². The number of carboxylic acids is 1. The summed E-state index contributed by atoms with van der Waals surface area (Å²) in [6.07, 6.45) is 2.70. The predicted molar refractivity (Wildman–Crippen MR) is 118 cm³/mol. The number of hydrogen-bond donors (Lipinski definition) is 3. The fourth-order valence-electron chi connectivity index (χ4n) is 4.22.